The van der Waals surface area contributed by atoms with Crippen molar-refractivity contribution in [1.82, 2.24) is 10.2 Å². The molecule has 22 heavy (non-hydrogen) atoms. The first-order chi connectivity index (χ1) is 10.4. The highest BCUT2D eigenvalue weighted by Crippen LogP contribution is 2.16. The zero-order valence-electron chi connectivity index (χ0n) is 12.6. The summed E-state index contributed by atoms with van der Waals surface area (Å²) in [5.74, 6) is -0.410. The van der Waals surface area contributed by atoms with Gasteiger partial charge in [-0.15, -0.1) is 0 Å². The number of nitrogens with two attached hydrogens (primary N) is 1. The van der Waals surface area contributed by atoms with E-state index in [1.54, 1.807) is 23.1 Å². The third-order valence-corrected chi connectivity index (χ3v) is 3.56. The summed E-state index contributed by atoms with van der Waals surface area (Å²) in [4.78, 5) is 37.0. The van der Waals surface area contributed by atoms with E-state index in [1.165, 1.54) is 6.07 Å². The van der Waals surface area contributed by atoms with Gasteiger partial charge in [0.15, 0.2) is 0 Å². The molecule has 1 aliphatic heterocycles. The summed E-state index contributed by atoms with van der Waals surface area (Å²) < 4.78 is 0. The summed E-state index contributed by atoms with van der Waals surface area (Å²) in [6.45, 7) is 4.53. The van der Waals surface area contributed by atoms with Gasteiger partial charge in [-0.1, -0.05) is 6.07 Å². The number of carbonyl (C=O) groups excluding carboxylic acids is 3. The van der Waals surface area contributed by atoms with E-state index in [0.717, 1.165) is 0 Å². The summed E-state index contributed by atoms with van der Waals surface area (Å²) >= 11 is 0. The number of benzene rings is 1. The molecule has 0 saturated carbocycles. The Bertz CT molecular complexity index is 600. The van der Waals surface area contributed by atoms with Gasteiger partial charge >= 0.3 is 6.03 Å². The molecule has 4 N–H and O–H groups in total. The third-order valence-electron chi connectivity index (χ3n) is 3.56. The maximum absolute atomic E-state index is 12.2. The Morgan fingerprint density at radius 2 is 2.09 bits per heavy atom. The summed E-state index contributed by atoms with van der Waals surface area (Å²) in [7, 11) is 0. The number of amides is 4. The molecule has 1 atom stereocenters. The molecule has 0 spiro atoms. The van der Waals surface area contributed by atoms with Crippen LogP contribution in [0.15, 0.2) is 24.3 Å². The largest absolute Gasteiger partial charge is 0.351 e. The highest BCUT2D eigenvalue weighted by atomic mass is 16.2. The van der Waals surface area contributed by atoms with E-state index in [4.69, 9.17) is 5.73 Å². The maximum Gasteiger partial charge on any atom is 0.316 e. The zero-order chi connectivity index (χ0) is 16.3. The molecule has 1 aromatic carbocycles. The molecule has 7 nitrogen and oxygen atoms in total. The Kier molecular flexibility index (Phi) is 4.65. The molecule has 0 bridgehead atoms. The van der Waals surface area contributed by atoms with E-state index in [2.05, 4.69) is 10.6 Å². The second-order valence-corrected chi connectivity index (χ2v) is 5.51. The summed E-state index contributed by atoms with van der Waals surface area (Å²) in [6, 6.07) is 5.32. The molecule has 1 saturated heterocycles. The van der Waals surface area contributed by atoms with Gasteiger partial charge in [-0.3, -0.25) is 9.59 Å². The second kappa shape index (κ2) is 6.46. The molecular weight excluding hydrogens is 284 g/mol. The number of likely N-dealkylation sites (tertiary alicyclic amines) is 1. The zero-order valence-corrected chi connectivity index (χ0v) is 12.6. The lowest BCUT2D eigenvalue weighted by molar-refractivity contribution is -0.130. The second-order valence-electron chi connectivity index (χ2n) is 5.51. The van der Waals surface area contributed by atoms with Crippen LogP contribution in [0.3, 0.4) is 0 Å². The third kappa shape index (κ3) is 3.55. The molecule has 7 heteroatoms. The van der Waals surface area contributed by atoms with E-state index in [9.17, 15) is 14.4 Å². The monoisotopic (exact) mass is 304 g/mol. The molecule has 0 radical (unpaired) electrons. The van der Waals surface area contributed by atoms with Gasteiger partial charge in [0, 0.05) is 23.8 Å². The Morgan fingerprint density at radius 1 is 1.36 bits per heavy atom. The number of anilines is 1. The fourth-order valence-electron chi connectivity index (χ4n) is 2.47. The van der Waals surface area contributed by atoms with Gasteiger partial charge in [-0.25, -0.2) is 4.79 Å². The molecule has 118 valence electrons. The quantitative estimate of drug-likeness (QED) is 0.770. The van der Waals surface area contributed by atoms with Crippen molar-refractivity contribution in [2.45, 2.75) is 32.4 Å². The van der Waals surface area contributed by atoms with Crippen LogP contribution in [0.2, 0.25) is 0 Å². The molecule has 1 heterocycles. The minimum atomic E-state index is -0.698. The van der Waals surface area contributed by atoms with Crippen LogP contribution in [-0.2, 0) is 4.79 Å². The van der Waals surface area contributed by atoms with Crippen LogP contribution in [0.4, 0.5) is 10.5 Å². The lowest BCUT2D eigenvalue weighted by atomic mass is 10.1. The Morgan fingerprint density at radius 3 is 2.68 bits per heavy atom. The minimum Gasteiger partial charge on any atom is -0.351 e. The van der Waals surface area contributed by atoms with Crippen molar-refractivity contribution in [1.29, 1.82) is 0 Å². The van der Waals surface area contributed by atoms with E-state index in [1.807, 2.05) is 13.8 Å². The first-order valence-electron chi connectivity index (χ1n) is 7.16. The lowest BCUT2D eigenvalue weighted by Crippen LogP contribution is -2.43. The fraction of sp³-hybridized carbons (Fsp3) is 0.400. The summed E-state index contributed by atoms with van der Waals surface area (Å²) in [5, 5.41) is 5.14. The van der Waals surface area contributed by atoms with Gasteiger partial charge < -0.3 is 21.3 Å². The van der Waals surface area contributed by atoms with Crippen LogP contribution >= 0.6 is 0 Å². The summed E-state index contributed by atoms with van der Waals surface area (Å²) in [5.41, 5.74) is 5.84. The predicted octanol–water partition coefficient (Wildman–Crippen LogP) is 0.916. The molecule has 0 aromatic heterocycles. The Labute approximate surface area is 128 Å². The van der Waals surface area contributed by atoms with Crippen LogP contribution in [0, 0.1) is 0 Å². The smallest absolute Gasteiger partial charge is 0.316 e. The minimum absolute atomic E-state index is 0.0604. The van der Waals surface area contributed by atoms with Crippen molar-refractivity contribution in [3.63, 3.8) is 0 Å². The van der Waals surface area contributed by atoms with Gasteiger partial charge in [0.2, 0.25) is 5.91 Å². The molecule has 4 amide bonds. The van der Waals surface area contributed by atoms with Crippen molar-refractivity contribution in [2.24, 2.45) is 5.73 Å². The topological polar surface area (TPSA) is 105 Å². The normalized spacial score (nSPS) is 17.7. The van der Waals surface area contributed by atoms with Crippen LogP contribution in [-0.4, -0.2) is 41.4 Å². The van der Waals surface area contributed by atoms with Crippen molar-refractivity contribution in [3.8, 4) is 0 Å². The number of hydrogen-bond donors (Lipinski definition) is 3. The highest BCUT2D eigenvalue weighted by Gasteiger charge is 2.34. The molecule has 1 fully saturated rings. The first kappa shape index (κ1) is 15.8. The van der Waals surface area contributed by atoms with E-state index < -0.39 is 12.1 Å². The number of rotatable bonds is 4. The van der Waals surface area contributed by atoms with Gasteiger partial charge in [-0.05, 0) is 38.5 Å². The number of urea groups is 1. The molecule has 1 aromatic rings. The standard InChI is InChI=1S/C15H20N4O3/c1-9(2)19-7-6-12(14(19)21)18-13(20)10-4-3-5-11(8-10)17-15(16)22/h3-5,8-9,12H,6-7H2,1-2H3,(H,18,20)(H3,16,17,22). The number of primary amides is 1. The highest BCUT2D eigenvalue weighted by molar-refractivity contribution is 5.99. The fourth-order valence-corrected chi connectivity index (χ4v) is 2.47. The Balaban J connectivity index is 2.04. The first-order valence-corrected chi connectivity index (χ1v) is 7.16. The Hall–Kier alpha value is -2.57. The van der Waals surface area contributed by atoms with Crippen LogP contribution in [0.5, 0.6) is 0 Å². The van der Waals surface area contributed by atoms with Gasteiger partial charge in [0.05, 0.1) is 0 Å². The summed E-state index contributed by atoms with van der Waals surface area (Å²) in [6.07, 6.45) is 0.599. The average molecular weight is 304 g/mol. The number of nitrogens with zero attached hydrogens (tertiary/aromatic N) is 1. The van der Waals surface area contributed by atoms with E-state index >= 15 is 0 Å². The SMILES string of the molecule is CC(C)N1CCC(NC(=O)c2cccc(NC(N)=O)c2)C1=O. The van der Waals surface area contributed by atoms with Crippen molar-refractivity contribution in [3.05, 3.63) is 29.8 Å². The number of nitrogens with one attached hydrogen (secondary N) is 2. The maximum atomic E-state index is 12.2. The van der Waals surface area contributed by atoms with E-state index in [0.29, 0.717) is 24.2 Å². The van der Waals surface area contributed by atoms with Crippen LogP contribution < -0.4 is 16.4 Å². The predicted molar refractivity (Wildman–Crippen MR) is 82.4 cm³/mol. The van der Waals surface area contributed by atoms with Crippen LogP contribution in [0.1, 0.15) is 30.6 Å². The molecule has 0 aliphatic carbocycles. The van der Waals surface area contributed by atoms with Crippen molar-refractivity contribution >= 4 is 23.5 Å². The molecule has 2 rings (SSSR count). The lowest BCUT2D eigenvalue weighted by Gasteiger charge is -2.21. The molecular formula is C15H20N4O3. The molecule has 1 unspecified atom stereocenters. The number of hydrogen-bond acceptors (Lipinski definition) is 3. The van der Waals surface area contributed by atoms with Crippen LogP contribution in [0.25, 0.3) is 0 Å². The van der Waals surface area contributed by atoms with E-state index in [-0.39, 0.29) is 17.9 Å². The van der Waals surface area contributed by atoms with Crippen molar-refractivity contribution in [2.75, 3.05) is 11.9 Å². The van der Waals surface area contributed by atoms with Gasteiger partial charge in [0.25, 0.3) is 5.91 Å². The van der Waals surface area contributed by atoms with Crippen molar-refractivity contribution < 1.29 is 14.4 Å². The number of carbonyl (C=O) groups is 3. The molecule has 1 aliphatic rings. The van der Waals surface area contributed by atoms with Gasteiger partial charge in [-0.2, -0.15) is 0 Å². The van der Waals surface area contributed by atoms with Gasteiger partial charge in [0.1, 0.15) is 6.04 Å². The average Bonchev–Trinajstić information content (AvgIpc) is 2.80.